The van der Waals surface area contributed by atoms with Crippen molar-refractivity contribution in [3.8, 4) is 11.5 Å². The number of methoxy groups -OCH3 is 1. The molecule has 1 aromatic carbocycles. The highest BCUT2D eigenvalue weighted by Gasteiger charge is 2.61. The van der Waals surface area contributed by atoms with Crippen LogP contribution >= 0.6 is 0 Å². The Kier molecular flexibility index (Phi) is 3.17. The lowest BCUT2D eigenvalue weighted by Crippen LogP contribution is -2.59. The summed E-state index contributed by atoms with van der Waals surface area (Å²) in [6.45, 7) is 5.47. The van der Waals surface area contributed by atoms with Crippen LogP contribution in [0.3, 0.4) is 0 Å². The summed E-state index contributed by atoms with van der Waals surface area (Å²) in [6, 6.07) is 4.22. The number of piperidine rings is 1. The number of allylic oxidation sites excluding steroid dienone is 1. The molecule has 0 radical (unpaired) electrons. The van der Waals surface area contributed by atoms with Crippen LogP contribution in [-0.2, 0) is 10.2 Å². The van der Waals surface area contributed by atoms with Crippen LogP contribution in [0.5, 0.6) is 11.5 Å². The molecule has 4 nitrogen and oxygen atoms in total. The van der Waals surface area contributed by atoms with Crippen LogP contribution in [0.1, 0.15) is 30.9 Å². The van der Waals surface area contributed by atoms with E-state index in [0.29, 0.717) is 17.7 Å². The smallest absolute Gasteiger partial charge is 0.166 e. The molecule has 1 spiro atoms. The second-order valence-electron chi connectivity index (χ2n) is 7.27. The first-order valence-electron chi connectivity index (χ1n) is 8.44. The lowest BCUT2D eigenvalue weighted by atomic mass is 9.57. The summed E-state index contributed by atoms with van der Waals surface area (Å²) in [5.41, 5.74) is 2.32. The summed E-state index contributed by atoms with van der Waals surface area (Å²) < 4.78 is 12.0. The van der Waals surface area contributed by atoms with Gasteiger partial charge in [0.05, 0.1) is 7.11 Å². The number of phenolic OH excluding ortho intramolecular Hbond substituents is 1. The Hall–Kier alpha value is -1.68. The maximum absolute atomic E-state index is 10.4. The predicted molar refractivity (Wildman–Crippen MR) is 88.8 cm³/mol. The largest absolute Gasteiger partial charge is 0.504 e. The van der Waals surface area contributed by atoms with Gasteiger partial charge in [-0.3, -0.25) is 0 Å². The average Bonchev–Trinajstić information content (AvgIpc) is 2.90. The molecule has 23 heavy (non-hydrogen) atoms. The highest BCUT2D eigenvalue weighted by atomic mass is 16.5. The summed E-state index contributed by atoms with van der Waals surface area (Å²) in [5.74, 6) is 2.29. The SMILES string of the molecule is COC1=CCC2C(C)N(C)CCC23c2c(C)ccc(O)c2OC13. The standard InChI is InChI=1S/C19H25NO3/c1-11-5-7-14(21)17-16(11)19-9-10-20(3)12(2)13(19)6-8-15(22-4)18(19)23-17/h5,7-8,12-13,18,21H,6,9-10H2,1-4H3. The number of hydrogen-bond donors (Lipinski definition) is 1. The predicted octanol–water partition coefficient (Wildman–Crippen LogP) is 2.97. The first-order valence-corrected chi connectivity index (χ1v) is 8.44. The normalized spacial score (nSPS) is 35.7. The number of rotatable bonds is 1. The first kappa shape index (κ1) is 14.9. The topological polar surface area (TPSA) is 41.9 Å². The van der Waals surface area contributed by atoms with Crippen molar-refractivity contribution in [1.82, 2.24) is 4.90 Å². The fourth-order valence-electron chi connectivity index (χ4n) is 5.11. The van der Waals surface area contributed by atoms with Gasteiger partial charge in [0.25, 0.3) is 0 Å². The second-order valence-corrected chi connectivity index (χ2v) is 7.27. The second kappa shape index (κ2) is 4.91. The molecule has 1 aliphatic carbocycles. The Balaban J connectivity index is 1.97. The Morgan fingerprint density at radius 3 is 2.91 bits per heavy atom. The lowest BCUT2D eigenvalue weighted by Gasteiger charge is -2.53. The molecule has 1 saturated heterocycles. The Bertz CT molecular complexity index is 683. The van der Waals surface area contributed by atoms with Crippen LogP contribution in [0.2, 0.25) is 0 Å². The number of hydrogen-bond acceptors (Lipinski definition) is 4. The lowest BCUT2D eigenvalue weighted by molar-refractivity contribution is -0.0142. The molecule has 1 N–H and O–H groups in total. The number of benzene rings is 1. The minimum Gasteiger partial charge on any atom is -0.504 e. The van der Waals surface area contributed by atoms with E-state index >= 15 is 0 Å². The number of fused-ring (bicyclic) bond motifs is 1. The summed E-state index contributed by atoms with van der Waals surface area (Å²) in [5, 5.41) is 10.4. The van der Waals surface area contributed by atoms with Gasteiger partial charge in [-0.05, 0) is 63.9 Å². The molecule has 1 aromatic rings. The Labute approximate surface area is 137 Å². The van der Waals surface area contributed by atoms with Gasteiger partial charge < -0.3 is 19.5 Å². The molecule has 0 aromatic heterocycles. The van der Waals surface area contributed by atoms with E-state index in [2.05, 4.69) is 31.9 Å². The van der Waals surface area contributed by atoms with Crippen molar-refractivity contribution < 1.29 is 14.6 Å². The van der Waals surface area contributed by atoms with Gasteiger partial charge in [0.15, 0.2) is 17.6 Å². The summed E-state index contributed by atoms with van der Waals surface area (Å²) in [6.07, 6.45) is 4.08. The molecular formula is C19H25NO3. The third-order valence-corrected chi connectivity index (χ3v) is 6.40. The zero-order valence-corrected chi connectivity index (χ0v) is 14.3. The van der Waals surface area contributed by atoms with E-state index in [1.54, 1.807) is 13.2 Å². The van der Waals surface area contributed by atoms with E-state index in [-0.39, 0.29) is 17.3 Å². The van der Waals surface area contributed by atoms with Gasteiger partial charge in [0, 0.05) is 17.0 Å². The summed E-state index contributed by atoms with van der Waals surface area (Å²) in [7, 11) is 3.92. The molecule has 0 bridgehead atoms. The van der Waals surface area contributed by atoms with Gasteiger partial charge in [0.2, 0.25) is 0 Å². The van der Waals surface area contributed by atoms with Crippen molar-refractivity contribution in [1.29, 1.82) is 0 Å². The maximum Gasteiger partial charge on any atom is 0.166 e. The van der Waals surface area contributed by atoms with Crippen molar-refractivity contribution in [3.63, 3.8) is 0 Å². The molecule has 4 heteroatoms. The Morgan fingerprint density at radius 1 is 1.39 bits per heavy atom. The fraction of sp³-hybridized carbons (Fsp3) is 0.579. The quantitative estimate of drug-likeness (QED) is 0.865. The zero-order valence-electron chi connectivity index (χ0n) is 14.3. The molecule has 0 saturated carbocycles. The highest BCUT2D eigenvalue weighted by Crippen LogP contribution is 2.60. The summed E-state index contributed by atoms with van der Waals surface area (Å²) in [4.78, 5) is 2.44. The summed E-state index contributed by atoms with van der Waals surface area (Å²) >= 11 is 0. The third-order valence-electron chi connectivity index (χ3n) is 6.40. The molecule has 4 rings (SSSR count). The van der Waals surface area contributed by atoms with Crippen molar-refractivity contribution in [2.24, 2.45) is 5.92 Å². The zero-order chi connectivity index (χ0) is 16.4. The first-order chi connectivity index (χ1) is 11.0. The van der Waals surface area contributed by atoms with Crippen molar-refractivity contribution in [2.45, 2.75) is 44.2 Å². The van der Waals surface area contributed by atoms with Crippen LogP contribution in [0.4, 0.5) is 0 Å². The van der Waals surface area contributed by atoms with E-state index in [1.165, 1.54) is 11.1 Å². The van der Waals surface area contributed by atoms with E-state index < -0.39 is 0 Å². The van der Waals surface area contributed by atoms with Crippen LogP contribution in [0.25, 0.3) is 0 Å². The third kappa shape index (κ3) is 1.76. The van der Waals surface area contributed by atoms with Crippen LogP contribution in [0.15, 0.2) is 24.0 Å². The van der Waals surface area contributed by atoms with E-state index in [9.17, 15) is 5.11 Å². The van der Waals surface area contributed by atoms with Crippen molar-refractivity contribution in [2.75, 3.05) is 20.7 Å². The molecule has 0 amide bonds. The van der Waals surface area contributed by atoms with Crippen molar-refractivity contribution in [3.05, 3.63) is 35.1 Å². The number of phenols is 1. The minimum absolute atomic E-state index is 0.0931. The minimum atomic E-state index is -0.121. The molecule has 2 heterocycles. The fourth-order valence-corrected chi connectivity index (χ4v) is 5.11. The van der Waals surface area contributed by atoms with E-state index in [1.807, 2.05) is 6.07 Å². The number of likely N-dealkylation sites (tertiary alicyclic amines) is 1. The van der Waals surface area contributed by atoms with Gasteiger partial charge in [-0.2, -0.15) is 0 Å². The van der Waals surface area contributed by atoms with Crippen molar-refractivity contribution >= 4 is 0 Å². The highest BCUT2D eigenvalue weighted by molar-refractivity contribution is 5.59. The average molecular weight is 315 g/mol. The van der Waals surface area contributed by atoms with Gasteiger partial charge in [-0.15, -0.1) is 0 Å². The van der Waals surface area contributed by atoms with E-state index in [0.717, 1.165) is 25.1 Å². The number of nitrogens with zero attached hydrogens (tertiary/aromatic N) is 1. The van der Waals surface area contributed by atoms with Gasteiger partial charge in [0.1, 0.15) is 5.76 Å². The van der Waals surface area contributed by atoms with Crippen LogP contribution in [0, 0.1) is 12.8 Å². The van der Waals surface area contributed by atoms with E-state index in [4.69, 9.17) is 9.47 Å². The molecule has 2 aliphatic heterocycles. The Morgan fingerprint density at radius 2 is 2.17 bits per heavy atom. The molecule has 1 fully saturated rings. The van der Waals surface area contributed by atoms with Crippen LogP contribution < -0.4 is 4.74 Å². The number of aromatic hydroxyl groups is 1. The molecule has 3 aliphatic rings. The monoisotopic (exact) mass is 315 g/mol. The maximum atomic E-state index is 10.4. The number of ether oxygens (including phenoxy) is 2. The van der Waals surface area contributed by atoms with Gasteiger partial charge in [-0.1, -0.05) is 6.07 Å². The molecule has 4 unspecified atom stereocenters. The molecular weight excluding hydrogens is 290 g/mol. The van der Waals surface area contributed by atoms with Gasteiger partial charge in [-0.25, -0.2) is 0 Å². The molecule has 4 atom stereocenters. The molecule has 124 valence electrons. The van der Waals surface area contributed by atoms with Gasteiger partial charge >= 0.3 is 0 Å². The van der Waals surface area contributed by atoms with Crippen LogP contribution in [-0.4, -0.2) is 42.9 Å². The number of aryl methyl sites for hydroxylation is 1.